The Morgan fingerprint density at radius 2 is 2.12 bits per heavy atom. The first-order chi connectivity index (χ1) is 7.76. The molecule has 0 spiro atoms. The number of nitro groups is 1. The van der Waals surface area contributed by atoms with Gasteiger partial charge < -0.3 is 15.5 Å². The molecule has 0 aliphatic heterocycles. The second kappa shape index (κ2) is 4.41. The monoisotopic (exact) mass is 253 g/mol. The van der Waals surface area contributed by atoms with E-state index in [4.69, 9.17) is 5.73 Å². The van der Waals surface area contributed by atoms with Crippen LogP contribution in [0.4, 0.5) is 18.9 Å². The van der Waals surface area contributed by atoms with Crippen LogP contribution in [0.25, 0.3) is 0 Å². The Labute approximate surface area is 91.1 Å². The molecule has 0 aromatic carbocycles. The third-order valence-electron chi connectivity index (χ3n) is 1.75. The summed E-state index contributed by atoms with van der Waals surface area (Å²) in [5.41, 5.74) is 2.47. The number of alkyl halides is 3. The lowest BCUT2D eigenvalue weighted by atomic mass is 10.2. The minimum Gasteiger partial charge on any atom is -0.399 e. The number of nitrogens with two attached hydrogens (primary N) is 1. The number of aromatic nitrogens is 1. The summed E-state index contributed by atoms with van der Waals surface area (Å²) in [6.45, 7) is -0.633. The molecule has 7 nitrogen and oxygen atoms in total. The highest BCUT2D eigenvalue weighted by molar-refractivity contribution is 5.46. The maximum absolute atomic E-state index is 12.0. The van der Waals surface area contributed by atoms with Crippen molar-refractivity contribution in [1.29, 1.82) is 0 Å². The molecule has 1 heterocycles. The van der Waals surface area contributed by atoms with Crippen LogP contribution in [0.1, 0.15) is 5.56 Å². The number of nitrogens with zero attached hydrogens (tertiary/aromatic N) is 1. The van der Waals surface area contributed by atoms with Crippen molar-refractivity contribution in [1.82, 2.24) is 4.98 Å². The van der Waals surface area contributed by atoms with Gasteiger partial charge in [0.2, 0.25) is 5.75 Å². The Morgan fingerprint density at radius 3 is 2.53 bits per heavy atom. The third-order valence-corrected chi connectivity index (χ3v) is 1.75. The van der Waals surface area contributed by atoms with Gasteiger partial charge in [0.05, 0.1) is 16.7 Å². The van der Waals surface area contributed by atoms with Crippen LogP contribution >= 0.6 is 0 Å². The van der Waals surface area contributed by atoms with Gasteiger partial charge in [-0.25, -0.2) is 0 Å². The lowest BCUT2D eigenvalue weighted by Crippen LogP contribution is -2.25. The number of rotatable bonds is 3. The zero-order valence-corrected chi connectivity index (χ0v) is 8.08. The number of hydrogen-bond acceptors (Lipinski definition) is 5. The van der Waals surface area contributed by atoms with Crippen molar-refractivity contribution in [3.63, 3.8) is 0 Å². The second-order valence-corrected chi connectivity index (χ2v) is 2.82. The van der Waals surface area contributed by atoms with E-state index in [2.05, 4.69) is 4.74 Å². The zero-order valence-electron chi connectivity index (χ0n) is 8.08. The molecule has 1 aromatic heterocycles. The number of hydrogen-bond donors (Lipinski definition) is 2. The molecule has 0 saturated carbocycles. The number of pyridine rings is 1. The minimum absolute atomic E-state index is 0.615. The summed E-state index contributed by atoms with van der Waals surface area (Å²) < 4.78 is 39.4. The fourth-order valence-corrected chi connectivity index (χ4v) is 1.12. The molecule has 0 unspecified atom stereocenters. The molecule has 0 aliphatic rings. The molecular weight excluding hydrogens is 247 g/mol. The van der Waals surface area contributed by atoms with Gasteiger partial charge in [0.1, 0.15) is 0 Å². The smallest absolute Gasteiger partial charge is 0.399 e. The number of nitrogens with one attached hydrogen (secondary N) is 1. The molecule has 1 rings (SSSR count). The predicted molar refractivity (Wildman–Crippen MR) is 48.3 cm³/mol. The summed E-state index contributed by atoms with van der Waals surface area (Å²) >= 11 is 0. The van der Waals surface area contributed by atoms with Crippen LogP contribution in [0.15, 0.2) is 11.0 Å². The highest BCUT2D eigenvalue weighted by Crippen LogP contribution is 2.27. The first-order valence-corrected chi connectivity index (χ1v) is 4.11. The van der Waals surface area contributed by atoms with Gasteiger partial charge in [-0.15, -0.1) is 13.2 Å². The summed E-state index contributed by atoms with van der Waals surface area (Å²) in [6.07, 6.45) is -4.47. The van der Waals surface area contributed by atoms with Crippen LogP contribution < -0.4 is 16.0 Å². The van der Waals surface area contributed by atoms with Gasteiger partial charge in [0.15, 0.2) is 0 Å². The summed E-state index contributed by atoms with van der Waals surface area (Å²) in [6, 6.07) is 0. The van der Waals surface area contributed by atoms with E-state index in [1.54, 1.807) is 4.98 Å². The van der Waals surface area contributed by atoms with Crippen molar-refractivity contribution >= 4 is 5.69 Å². The first-order valence-electron chi connectivity index (χ1n) is 4.11. The molecule has 0 aliphatic carbocycles. The molecule has 0 atom stereocenters. The topological polar surface area (TPSA) is 111 Å². The van der Waals surface area contributed by atoms with Crippen molar-refractivity contribution in [3.05, 3.63) is 32.2 Å². The molecule has 0 saturated heterocycles. The van der Waals surface area contributed by atoms with E-state index >= 15 is 0 Å². The normalized spacial score (nSPS) is 11.3. The van der Waals surface area contributed by atoms with E-state index in [1.165, 1.54) is 0 Å². The van der Waals surface area contributed by atoms with Crippen molar-refractivity contribution in [3.8, 4) is 5.75 Å². The molecule has 0 fully saturated rings. The molecule has 0 bridgehead atoms. The van der Waals surface area contributed by atoms with E-state index in [-0.39, 0.29) is 0 Å². The fourth-order valence-electron chi connectivity index (χ4n) is 1.12. The van der Waals surface area contributed by atoms with Gasteiger partial charge in [0.25, 0.3) is 11.2 Å². The van der Waals surface area contributed by atoms with E-state index in [0.717, 1.165) is 0 Å². The quantitative estimate of drug-likeness (QED) is 0.606. The summed E-state index contributed by atoms with van der Waals surface area (Å²) in [5.74, 6) is -1.21. The number of H-pyrrole nitrogens is 1. The Balaban J connectivity index is 3.41. The lowest BCUT2D eigenvalue weighted by molar-refractivity contribution is -0.386. The van der Waals surface area contributed by atoms with Crippen LogP contribution in [0, 0.1) is 10.1 Å². The van der Waals surface area contributed by atoms with Gasteiger partial charge in [0, 0.05) is 6.54 Å². The maximum Gasteiger partial charge on any atom is 0.573 e. The molecule has 1 aromatic rings. The lowest BCUT2D eigenvalue weighted by Gasteiger charge is -2.10. The van der Waals surface area contributed by atoms with E-state index in [9.17, 15) is 28.1 Å². The summed E-state index contributed by atoms with van der Waals surface area (Å²) in [7, 11) is 0. The molecule has 0 amide bonds. The van der Waals surface area contributed by atoms with Crippen molar-refractivity contribution in [2.45, 2.75) is 12.9 Å². The number of aromatic amines is 1. The second-order valence-electron chi connectivity index (χ2n) is 2.82. The Bertz CT molecular complexity index is 496. The Morgan fingerprint density at radius 1 is 1.53 bits per heavy atom. The molecular formula is C7H6F3N3O4. The first kappa shape index (κ1) is 13.0. The average molecular weight is 253 g/mol. The average Bonchev–Trinajstić information content (AvgIpc) is 2.18. The highest BCUT2D eigenvalue weighted by Gasteiger charge is 2.35. The molecule has 10 heteroatoms. The van der Waals surface area contributed by atoms with Gasteiger partial charge >= 0.3 is 6.36 Å². The molecule has 0 radical (unpaired) electrons. The molecule has 3 N–H and O–H groups in total. The standard InChI is InChI=1S/C7H6F3N3O4/c8-7(9,10)17-5-3(1-11)4(13(15)16)2-12-6(5)14/h2H,1,11H2,(H,12,14). The largest absolute Gasteiger partial charge is 0.573 e. The fraction of sp³-hybridized carbons (Fsp3) is 0.286. The van der Waals surface area contributed by atoms with E-state index in [1.807, 2.05) is 0 Å². The van der Waals surface area contributed by atoms with Crippen LogP contribution in [-0.2, 0) is 6.54 Å². The number of halogens is 3. The van der Waals surface area contributed by atoms with E-state index in [0.29, 0.717) is 6.20 Å². The number of ether oxygens (including phenoxy) is 1. The van der Waals surface area contributed by atoms with Crippen LogP contribution in [0.3, 0.4) is 0 Å². The summed E-state index contributed by atoms with van der Waals surface area (Å²) in [5, 5.41) is 10.5. The van der Waals surface area contributed by atoms with Gasteiger partial charge in [-0.05, 0) is 0 Å². The van der Waals surface area contributed by atoms with Crippen molar-refractivity contribution < 1.29 is 22.8 Å². The van der Waals surface area contributed by atoms with E-state index < -0.39 is 40.4 Å². The SMILES string of the molecule is NCc1c([N+](=O)[O-])c[nH]c(=O)c1OC(F)(F)F. The van der Waals surface area contributed by atoms with Crippen LogP contribution in [0.2, 0.25) is 0 Å². The van der Waals surface area contributed by atoms with Crippen LogP contribution in [0.5, 0.6) is 5.75 Å². The Kier molecular flexibility index (Phi) is 3.36. The highest BCUT2D eigenvalue weighted by atomic mass is 19.4. The Hall–Kier alpha value is -2.10. The minimum atomic E-state index is -5.13. The molecule has 17 heavy (non-hydrogen) atoms. The summed E-state index contributed by atoms with van der Waals surface area (Å²) in [4.78, 5) is 22.4. The maximum atomic E-state index is 12.0. The zero-order chi connectivity index (χ0) is 13.2. The van der Waals surface area contributed by atoms with Gasteiger partial charge in [-0.1, -0.05) is 0 Å². The van der Waals surface area contributed by atoms with Gasteiger partial charge in [-0.3, -0.25) is 14.9 Å². The third kappa shape index (κ3) is 2.93. The predicted octanol–water partition coefficient (Wildman–Crippen LogP) is 0.640. The van der Waals surface area contributed by atoms with Crippen molar-refractivity contribution in [2.75, 3.05) is 0 Å². The van der Waals surface area contributed by atoms with Crippen LogP contribution in [-0.4, -0.2) is 16.3 Å². The molecule has 94 valence electrons. The van der Waals surface area contributed by atoms with Gasteiger partial charge in [-0.2, -0.15) is 0 Å². The van der Waals surface area contributed by atoms with Crippen molar-refractivity contribution in [2.24, 2.45) is 5.73 Å².